The van der Waals surface area contributed by atoms with E-state index in [-0.39, 0.29) is 12.1 Å². The highest BCUT2D eigenvalue weighted by atomic mass is 79.9. The number of nitrogens with zero attached hydrogens (tertiary/aromatic N) is 1. The number of alkyl halides is 3. The van der Waals surface area contributed by atoms with E-state index in [1.54, 1.807) is 0 Å². The first-order valence-corrected chi connectivity index (χ1v) is 7.07. The quantitative estimate of drug-likeness (QED) is 0.888. The summed E-state index contributed by atoms with van der Waals surface area (Å²) in [5, 5.41) is 0. The Bertz CT molecular complexity index is 479. The number of anilines is 1. The van der Waals surface area contributed by atoms with Crippen LogP contribution in [-0.4, -0.2) is 31.8 Å². The number of benzene rings is 1. The number of nitrogens with two attached hydrogens (primary N) is 1. The predicted octanol–water partition coefficient (Wildman–Crippen LogP) is 3.02. The molecule has 1 heterocycles. The molecule has 1 aliphatic rings. The molecule has 0 aromatic heterocycles. The molecule has 0 saturated carbocycles. The molecule has 1 aromatic carbocycles. The number of hydrogen-bond acceptors (Lipinski definition) is 3. The topological polar surface area (TPSA) is 38.5 Å². The summed E-state index contributed by atoms with van der Waals surface area (Å²) in [5.41, 5.74) is 5.88. The molecule has 2 rings (SSSR count). The van der Waals surface area contributed by atoms with Crippen molar-refractivity contribution < 1.29 is 17.9 Å². The minimum atomic E-state index is -4.33. The van der Waals surface area contributed by atoms with Crippen LogP contribution in [0, 0.1) is 0 Å². The SMILES string of the molecule is CC(N)C1CN(c2ccc(C(F)(F)F)cc2Br)CCO1. The lowest BCUT2D eigenvalue weighted by molar-refractivity contribution is -0.137. The lowest BCUT2D eigenvalue weighted by Crippen LogP contribution is -2.49. The van der Waals surface area contributed by atoms with Gasteiger partial charge in [-0.15, -0.1) is 0 Å². The van der Waals surface area contributed by atoms with Gasteiger partial charge in [-0.2, -0.15) is 13.2 Å². The summed E-state index contributed by atoms with van der Waals surface area (Å²) < 4.78 is 43.9. The number of halogens is 4. The van der Waals surface area contributed by atoms with Gasteiger partial charge in [0.1, 0.15) is 0 Å². The maximum Gasteiger partial charge on any atom is 0.416 e. The highest BCUT2D eigenvalue weighted by molar-refractivity contribution is 9.10. The van der Waals surface area contributed by atoms with Gasteiger partial charge in [-0.05, 0) is 41.1 Å². The van der Waals surface area contributed by atoms with Gasteiger partial charge in [0.25, 0.3) is 0 Å². The number of rotatable bonds is 2. The fraction of sp³-hybridized carbons (Fsp3) is 0.538. The van der Waals surface area contributed by atoms with Crippen LogP contribution in [0.5, 0.6) is 0 Å². The summed E-state index contributed by atoms with van der Waals surface area (Å²) in [6.45, 7) is 3.57. The van der Waals surface area contributed by atoms with Crippen molar-refractivity contribution in [1.29, 1.82) is 0 Å². The van der Waals surface area contributed by atoms with E-state index in [4.69, 9.17) is 10.5 Å². The summed E-state index contributed by atoms with van der Waals surface area (Å²) >= 11 is 3.22. The number of ether oxygens (including phenoxy) is 1. The van der Waals surface area contributed by atoms with E-state index >= 15 is 0 Å². The molecule has 0 radical (unpaired) electrons. The Morgan fingerprint density at radius 3 is 2.70 bits per heavy atom. The minimum Gasteiger partial charge on any atom is -0.373 e. The lowest BCUT2D eigenvalue weighted by Gasteiger charge is -2.36. The van der Waals surface area contributed by atoms with E-state index < -0.39 is 11.7 Å². The standard InChI is InChI=1S/C13H16BrF3N2O/c1-8(18)12-7-19(4-5-20-12)11-3-2-9(6-10(11)14)13(15,16)17/h2-3,6,8,12H,4-5,7,18H2,1H3. The van der Waals surface area contributed by atoms with E-state index in [1.807, 2.05) is 11.8 Å². The van der Waals surface area contributed by atoms with Crippen LogP contribution in [0.1, 0.15) is 12.5 Å². The van der Waals surface area contributed by atoms with Gasteiger partial charge in [0.15, 0.2) is 0 Å². The number of hydrogen-bond donors (Lipinski definition) is 1. The monoisotopic (exact) mass is 352 g/mol. The minimum absolute atomic E-state index is 0.113. The molecule has 2 unspecified atom stereocenters. The van der Waals surface area contributed by atoms with Crippen molar-refractivity contribution in [2.45, 2.75) is 25.2 Å². The zero-order valence-electron chi connectivity index (χ0n) is 11.0. The van der Waals surface area contributed by atoms with Crippen LogP contribution in [0.25, 0.3) is 0 Å². The van der Waals surface area contributed by atoms with Crippen LogP contribution in [0.4, 0.5) is 18.9 Å². The molecule has 2 atom stereocenters. The van der Waals surface area contributed by atoms with Crippen LogP contribution in [0.2, 0.25) is 0 Å². The normalized spacial score (nSPS) is 21.9. The maximum atomic E-state index is 12.6. The highest BCUT2D eigenvalue weighted by Gasteiger charge is 2.32. The predicted molar refractivity (Wildman–Crippen MR) is 74.7 cm³/mol. The molecule has 20 heavy (non-hydrogen) atoms. The zero-order valence-corrected chi connectivity index (χ0v) is 12.5. The third-order valence-corrected chi connectivity index (χ3v) is 3.93. The third kappa shape index (κ3) is 3.45. The Morgan fingerprint density at radius 1 is 1.45 bits per heavy atom. The molecule has 0 aliphatic carbocycles. The Morgan fingerprint density at radius 2 is 2.15 bits per heavy atom. The molecular formula is C13H16BrF3N2O. The second kappa shape index (κ2) is 5.91. The molecule has 7 heteroatoms. The largest absolute Gasteiger partial charge is 0.416 e. The van der Waals surface area contributed by atoms with Gasteiger partial charge in [0.05, 0.1) is 24.0 Å². The second-order valence-electron chi connectivity index (χ2n) is 4.88. The van der Waals surface area contributed by atoms with Crippen LogP contribution in [-0.2, 0) is 10.9 Å². The van der Waals surface area contributed by atoms with Crippen LogP contribution in [0.15, 0.2) is 22.7 Å². The van der Waals surface area contributed by atoms with E-state index in [2.05, 4.69) is 15.9 Å². The Balaban J connectivity index is 2.21. The molecule has 112 valence electrons. The molecule has 1 aliphatic heterocycles. The van der Waals surface area contributed by atoms with Crippen molar-refractivity contribution in [3.8, 4) is 0 Å². The fourth-order valence-corrected chi connectivity index (χ4v) is 2.78. The molecule has 0 spiro atoms. The maximum absolute atomic E-state index is 12.6. The van der Waals surface area contributed by atoms with Gasteiger partial charge in [-0.1, -0.05) is 0 Å². The number of morpholine rings is 1. The Hall–Kier alpha value is -0.790. The molecule has 1 fully saturated rings. The van der Waals surface area contributed by atoms with Gasteiger partial charge in [-0.25, -0.2) is 0 Å². The Kier molecular flexibility index (Phi) is 4.61. The zero-order chi connectivity index (χ0) is 14.9. The molecule has 3 nitrogen and oxygen atoms in total. The van der Waals surface area contributed by atoms with E-state index in [9.17, 15) is 13.2 Å². The summed E-state index contributed by atoms with van der Waals surface area (Å²) in [4.78, 5) is 1.99. The molecule has 0 amide bonds. The molecule has 2 N–H and O–H groups in total. The fourth-order valence-electron chi connectivity index (χ4n) is 2.15. The first kappa shape index (κ1) is 15.6. The molecule has 0 bridgehead atoms. The van der Waals surface area contributed by atoms with E-state index in [0.717, 1.165) is 17.8 Å². The van der Waals surface area contributed by atoms with Gasteiger partial charge < -0.3 is 15.4 Å². The van der Waals surface area contributed by atoms with Crippen molar-refractivity contribution in [2.24, 2.45) is 5.73 Å². The summed E-state index contributed by atoms with van der Waals surface area (Å²) in [7, 11) is 0. The van der Waals surface area contributed by atoms with Crippen molar-refractivity contribution in [2.75, 3.05) is 24.6 Å². The molecule has 1 saturated heterocycles. The molecule has 1 aromatic rings. The summed E-state index contributed by atoms with van der Waals surface area (Å²) in [5.74, 6) is 0. The summed E-state index contributed by atoms with van der Waals surface area (Å²) in [6, 6.07) is 3.56. The summed E-state index contributed by atoms with van der Waals surface area (Å²) in [6.07, 6.45) is -4.45. The van der Waals surface area contributed by atoms with Crippen LogP contribution in [0.3, 0.4) is 0 Å². The van der Waals surface area contributed by atoms with Crippen LogP contribution < -0.4 is 10.6 Å². The van der Waals surface area contributed by atoms with Crippen molar-refractivity contribution in [3.05, 3.63) is 28.2 Å². The highest BCUT2D eigenvalue weighted by Crippen LogP contribution is 2.35. The van der Waals surface area contributed by atoms with Crippen molar-refractivity contribution in [1.82, 2.24) is 0 Å². The second-order valence-corrected chi connectivity index (χ2v) is 5.73. The average molecular weight is 353 g/mol. The van der Waals surface area contributed by atoms with Crippen molar-refractivity contribution >= 4 is 21.6 Å². The average Bonchev–Trinajstić information content (AvgIpc) is 2.37. The Labute approximate surface area is 124 Å². The smallest absolute Gasteiger partial charge is 0.373 e. The van der Waals surface area contributed by atoms with Crippen molar-refractivity contribution in [3.63, 3.8) is 0 Å². The van der Waals surface area contributed by atoms with E-state index in [0.29, 0.717) is 24.2 Å². The first-order chi connectivity index (χ1) is 9.29. The van der Waals surface area contributed by atoms with Gasteiger partial charge in [-0.3, -0.25) is 0 Å². The van der Waals surface area contributed by atoms with Crippen LogP contribution >= 0.6 is 15.9 Å². The van der Waals surface area contributed by atoms with Gasteiger partial charge in [0, 0.05) is 23.6 Å². The first-order valence-electron chi connectivity index (χ1n) is 6.28. The molecular weight excluding hydrogens is 337 g/mol. The van der Waals surface area contributed by atoms with E-state index in [1.165, 1.54) is 6.07 Å². The third-order valence-electron chi connectivity index (χ3n) is 3.30. The van der Waals surface area contributed by atoms with Gasteiger partial charge in [0.2, 0.25) is 0 Å². The lowest BCUT2D eigenvalue weighted by atomic mass is 10.1. The van der Waals surface area contributed by atoms with Gasteiger partial charge >= 0.3 is 6.18 Å².